The van der Waals surface area contributed by atoms with E-state index in [1.165, 1.54) is 0 Å². The van der Waals surface area contributed by atoms with Gasteiger partial charge in [-0.1, -0.05) is 12.1 Å². The molecule has 0 atom stereocenters. The molecule has 0 spiro atoms. The number of hydrogen-bond acceptors (Lipinski definition) is 6. The summed E-state index contributed by atoms with van der Waals surface area (Å²) >= 11 is 0. The van der Waals surface area contributed by atoms with Crippen molar-refractivity contribution in [1.29, 1.82) is 0 Å². The molecule has 28 heavy (non-hydrogen) atoms. The smallest absolute Gasteiger partial charge is 0.203 e. The Bertz CT molecular complexity index is 1080. The summed E-state index contributed by atoms with van der Waals surface area (Å²) in [5.74, 6) is 2.36. The first-order valence-corrected chi connectivity index (χ1v) is 8.82. The van der Waals surface area contributed by atoms with Crippen LogP contribution in [0.1, 0.15) is 11.5 Å². The minimum absolute atomic E-state index is 0.493. The quantitative estimate of drug-likeness (QED) is 0.493. The largest absolute Gasteiger partial charge is 0.493 e. The second kappa shape index (κ2) is 7.60. The Balaban J connectivity index is 1.73. The van der Waals surface area contributed by atoms with Crippen molar-refractivity contribution in [2.75, 3.05) is 21.3 Å². The summed E-state index contributed by atoms with van der Waals surface area (Å²) < 4.78 is 22.3. The zero-order chi connectivity index (χ0) is 19.5. The Morgan fingerprint density at radius 3 is 2.32 bits per heavy atom. The number of rotatable bonds is 6. The van der Waals surface area contributed by atoms with Gasteiger partial charge in [0.2, 0.25) is 5.75 Å². The lowest BCUT2D eigenvalue weighted by Gasteiger charge is -2.13. The maximum Gasteiger partial charge on any atom is 0.203 e. The number of hydrogen-bond donors (Lipinski definition) is 0. The Hall–Kier alpha value is -3.54. The van der Waals surface area contributed by atoms with Gasteiger partial charge in [-0.2, -0.15) is 0 Å². The first-order valence-electron chi connectivity index (χ1n) is 8.82. The van der Waals surface area contributed by atoms with Gasteiger partial charge < -0.3 is 18.6 Å². The van der Waals surface area contributed by atoms with Crippen LogP contribution >= 0.6 is 0 Å². The average molecular weight is 376 g/mol. The predicted molar refractivity (Wildman–Crippen MR) is 106 cm³/mol. The number of methoxy groups -OCH3 is 3. The normalized spacial score (nSPS) is 10.8. The second-order valence-corrected chi connectivity index (χ2v) is 6.19. The number of oxazole rings is 1. The molecule has 142 valence electrons. The highest BCUT2D eigenvalue weighted by molar-refractivity contribution is 5.89. The molecule has 6 heteroatoms. The van der Waals surface area contributed by atoms with E-state index >= 15 is 0 Å². The number of nitrogens with zero attached hydrogens (tertiary/aromatic N) is 2. The zero-order valence-electron chi connectivity index (χ0n) is 15.9. The lowest BCUT2D eigenvalue weighted by atomic mass is 10.1. The van der Waals surface area contributed by atoms with Crippen molar-refractivity contribution in [2.24, 2.45) is 0 Å². The lowest BCUT2D eigenvalue weighted by molar-refractivity contribution is 0.324. The van der Waals surface area contributed by atoms with Gasteiger partial charge in [-0.15, -0.1) is 0 Å². The molecule has 0 aliphatic carbocycles. The van der Waals surface area contributed by atoms with Crippen LogP contribution in [0.2, 0.25) is 0 Å². The maximum absolute atomic E-state index is 6.10. The van der Waals surface area contributed by atoms with Gasteiger partial charge in [0.25, 0.3) is 0 Å². The molecule has 4 aromatic rings. The lowest BCUT2D eigenvalue weighted by Crippen LogP contribution is -1.97. The van der Waals surface area contributed by atoms with Gasteiger partial charge in [0.15, 0.2) is 23.0 Å². The molecule has 2 aromatic heterocycles. The van der Waals surface area contributed by atoms with Gasteiger partial charge in [0, 0.05) is 18.2 Å². The topological polar surface area (TPSA) is 66.6 Å². The Morgan fingerprint density at radius 2 is 1.68 bits per heavy atom. The van der Waals surface area contributed by atoms with Crippen molar-refractivity contribution < 1.29 is 18.6 Å². The van der Waals surface area contributed by atoms with Crippen molar-refractivity contribution in [3.8, 4) is 28.5 Å². The SMILES string of the molecule is COc1cc(Cc2nc3cccc(-c4ccccn4)c3o2)cc(OC)c1OC. The minimum Gasteiger partial charge on any atom is -0.493 e. The average Bonchev–Trinajstić information content (AvgIpc) is 3.15. The summed E-state index contributed by atoms with van der Waals surface area (Å²) in [5, 5.41) is 0. The molecule has 0 amide bonds. The molecular formula is C22H20N2O4. The maximum atomic E-state index is 6.10. The van der Waals surface area contributed by atoms with Crippen LogP contribution in [0.4, 0.5) is 0 Å². The third-order valence-corrected chi connectivity index (χ3v) is 4.48. The molecule has 2 aromatic carbocycles. The van der Waals surface area contributed by atoms with E-state index in [2.05, 4.69) is 9.97 Å². The van der Waals surface area contributed by atoms with E-state index in [4.69, 9.17) is 18.6 Å². The van der Waals surface area contributed by atoms with Gasteiger partial charge in [-0.05, 0) is 42.0 Å². The van der Waals surface area contributed by atoms with Crippen LogP contribution < -0.4 is 14.2 Å². The van der Waals surface area contributed by atoms with Crippen molar-refractivity contribution in [3.05, 3.63) is 66.2 Å². The van der Waals surface area contributed by atoms with Gasteiger partial charge >= 0.3 is 0 Å². The number of pyridine rings is 1. The summed E-state index contributed by atoms with van der Waals surface area (Å²) in [6.45, 7) is 0. The molecule has 0 radical (unpaired) electrons. The summed E-state index contributed by atoms with van der Waals surface area (Å²) in [7, 11) is 4.78. The van der Waals surface area contributed by atoms with E-state index in [1.807, 2.05) is 48.5 Å². The van der Waals surface area contributed by atoms with Crippen LogP contribution in [0.3, 0.4) is 0 Å². The van der Waals surface area contributed by atoms with Crippen LogP contribution in [-0.2, 0) is 6.42 Å². The van der Waals surface area contributed by atoms with Crippen LogP contribution in [0.25, 0.3) is 22.4 Å². The van der Waals surface area contributed by atoms with Gasteiger partial charge in [-0.25, -0.2) is 4.98 Å². The molecule has 0 aliphatic rings. The Kier molecular flexibility index (Phi) is 4.85. The van der Waals surface area contributed by atoms with Crippen LogP contribution in [0, 0.1) is 0 Å². The second-order valence-electron chi connectivity index (χ2n) is 6.19. The van der Waals surface area contributed by atoms with E-state index in [9.17, 15) is 0 Å². The zero-order valence-corrected chi connectivity index (χ0v) is 15.9. The highest BCUT2D eigenvalue weighted by atomic mass is 16.5. The fourth-order valence-corrected chi connectivity index (χ4v) is 3.21. The van der Waals surface area contributed by atoms with Crippen molar-refractivity contribution >= 4 is 11.1 Å². The fraction of sp³-hybridized carbons (Fsp3) is 0.182. The number of para-hydroxylation sites is 1. The highest BCUT2D eigenvalue weighted by Gasteiger charge is 2.16. The number of ether oxygens (including phenoxy) is 3. The minimum atomic E-state index is 0.493. The first kappa shape index (κ1) is 17.9. The molecule has 4 rings (SSSR count). The van der Waals surface area contributed by atoms with E-state index < -0.39 is 0 Å². The summed E-state index contributed by atoms with van der Waals surface area (Å²) in [6.07, 6.45) is 2.26. The number of benzene rings is 2. The summed E-state index contributed by atoms with van der Waals surface area (Å²) in [5.41, 5.74) is 4.24. The molecule has 0 fully saturated rings. The molecule has 0 bridgehead atoms. The van der Waals surface area contributed by atoms with Gasteiger partial charge in [-0.3, -0.25) is 4.98 Å². The molecule has 0 saturated carbocycles. The van der Waals surface area contributed by atoms with Crippen LogP contribution in [0.5, 0.6) is 17.2 Å². The molecule has 0 unspecified atom stereocenters. The predicted octanol–water partition coefficient (Wildman–Crippen LogP) is 4.51. The summed E-state index contributed by atoms with van der Waals surface area (Å²) in [6, 6.07) is 15.5. The third kappa shape index (κ3) is 3.24. The fourth-order valence-electron chi connectivity index (χ4n) is 3.21. The van der Waals surface area contributed by atoms with E-state index in [0.29, 0.717) is 29.6 Å². The first-order chi connectivity index (χ1) is 13.7. The molecule has 0 N–H and O–H groups in total. The molecule has 6 nitrogen and oxygen atoms in total. The number of aromatic nitrogens is 2. The monoisotopic (exact) mass is 376 g/mol. The summed E-state index contributed by atoms with van der Waals surface area (Å²) in [4.78, 5) is 9.06. The van der Waals surface area contributed by atoms with E-state index in [-0.39, 0.29) is 0 Å². The Labute approximate surface area is 162 Å². The van der Waals surface area contributed by atoms with Crippen molar-refractivity contribution in [2.45, 2.75) is 6.42 Å². The van der Waals surface area contributed by atoms with E-state index in [0.717, 1.165) is 27.9 Å². The molecule has 0 saturated heterocycles. The van der Waals surface area contributed by atoms with Crippen LogP contribution in [0.15, 0.2) is 59.1 Å². The molecule has 0 aliphatic heterocycles. The molecular weight excluding hydrogens is 356 g/mol. The standard InChI is InChI=1S/C22H20N2O4/c1-25-18-11-14(12-19(26-2)22(18)27-3)13-20-24-17-9-6-7-15(21(17)28-20)16-8-4-5-10-23-16/h4-12H,13H2,1-3H3. The van der Waals surface area contributed by atoms with Crippen molar-refractivity contribution in [1.82, 2.24) is 9.97 Å². The van der Waals surface area contributed by atoms with Crippen molar-refractivity contribution in [3.63, 3.8) is 0 Å². The third-order valence-electron chi connectivity index (χ3n) is 4.48. The molecule has 2 heterocycles. The van der Waals surface area contributed by atoms with Gasteiger partial charge in [0.05, 0.1) is 27.0 Å². The Morgan fingerprint density at radius 1 is 0.893 bits per heavy atom. The van der Waals surface area contributed by atoms with Gasteiger partial charge in [0.1, 0.15) is 5.52 Å². The van der Waals surface area contributed by atoms with E-state index in [1.54, 1.807) is 27.5 Å². The highest BCUT2D eigenvalue weighted by Crippen LogP contribution is 2.39. The van der Waals surface area contributed by atoms with Crippen LogP contribution in [-0.4, -0.2) is 31.3 Å². The number of fused-ring (bicyclic) bond motifs is 1.